The molecule has 0 radical (unpaired) electrons. The molecule has 5 aromatic heterocycles. The molecule has 0 spiro atoms. The van der Waals surface area contributed by atoms with Crippen molar-refractivity contribution < 1.29 is 0 Å². The summed E-state index contributed by atoms with van der Waals surface area (Å²) < 4.78 is 0. The van der Waals surface area contributed by atoms with Gasteiger partial charge in [-0.15, -0.1) is 0 Å². The van der Waals surface area contributed by atoms with E-state index in [9.17, 15) is 0 Å². The SMILES string of the molecule is c1ccc(-c2cc(-c3cc(-c4nc(-c5ccccc5)nc(-c5ccccc5)n4)ccn3)nc(-c3ncccc3-c3nc(-c4ccccc4)nc(-c4ccccc4)n3)c2)cc1. The van der Waals surface area contributed by atoms with Gasteiger partial charge < -0.3 is 0 Å². The number of nitrogens with zero attached hydrogens (tertiary/aromatic N) is 9. The second-order valence-corrected chi connectivity index (χ2v) is 13.9. The van der Waals surface area contributed by atoms with Crippen LogP contribution in [0.5, 0.6) is 0 Å². The van der Waals surface area contributed by atoms with E-state index in [0.717, 1.165) is 38.9 Å². The first-order valence-corrected chi connectivity index (χ1v) is 19.5. The average molecular weight is 772 g/mol. The van der Waals surface area contributed by atoms with E-state index in [2.05, 4.69) is 24.3 Å². The third-order valence-electron chi connectivity index (χ3n) is 9.90. The Hall–Kier alpha value is -8.43. The quantitative estimate of drug-likeness (QED) is 0.141. The van der Waals surface area contributed by atoms with Gasteiger partial charge in [0.05, 0.1) is 22.8 Å². The van der Waals surface area contributed by atoms with Crippen LogP contribution in [0.15, 0.2) is 200 Å². The van der Waals surface area contributed by atoms with Crippen LogP contribution in [-0.4, -0.2) is 44.9 Å². The van der Waals surface area contributed by atoms with Crippen LogP contribution in [0, 0.1) is 0 Å². The van der Waals surface area contributed by atoms with E-state index in [1.54, 1.807) is 12.4 Å². The van der Waals surface area contributed by atoms with Crippen molar-refractivity contribution in [2.75, 3.05) is 0 Å². The van der Waals surface area contributed by atoms with Crippen molar-refractivity contribution in [3.05, 3.63) is 200 Å². The highest BCUT2D eigenvalue weighted by molar-refractivity contribution is 5.82. The van der Waals surface area contributed by atoms with Gasteiger partial charge in [-0.3, -0.25) is 9.97 Å². The van der Waals surface area contributed by atoms with E-state index < -0.39 is 0 Å². The van der Waals surface area contributed by atoms with E-state index in [-0.39, 0.29) is 0 Å². The Balaban J connectivity index is 1.13. The topological polar surface area (TPSA) is 116 Å². The fraction of sp³-hybridized carbons (Fsp3) is 0. The van der Waals surface area contributed by atoms with Crippen LogP contribution < -0.4 is 0 Å². The van der Waals surface area contributed by atoms with Gasteiger partial charge in [-0.1, -0.05) is 152 Å². The Bertz CT molecular complexity index is 2960. The lowest BCUT2D eigenvalue weighted by atomic mass is 10.0. The molecule has 9 nitrogen and oxygen atoms in total. The number of benzene rings is 5. The summed E-state index contributed by atoms with van der Waals surface area (Å²) in [5.74, 6) is 3.29. The highest BCUT2D eigenvalue weighted by atomic mass is 15.0. The molecule has 0 fully saturated rings. The monoisotopic (exact) mass is 771 g/mol. The number of rotatable bonds is 9. The Kier molecular flexibility index (Phi) is 9.71. The molecule has 0 saturated carbocycles. The van der Waals surface area contributed by atoms with Crippen LogP contribution in [0.1, 0.15) is 0 Å². The highest BCUT2D eigenvalue weighted by Gasteiger charge is 2.20. The summed E-state index contributed by atoms with van der Waals surface area (Å²) in [6.45, 7) is 0. The predicted octanol–water partition coefficient (Wildman–Crippen LogP) is 11.2. The van der Waals surface area contributed by atoms with Gasteiger partial charge >= 0.3 is 0 Å². The number of hydrogen-bond acceptors (Lipinski definition) is 9. The molecule has 0 bridgehead atoms. The lowest BCUT2D eigenvalue weighted by molar-refractivity contribution is 1.07. The summed E-state index contributed by atoms with van der Waals surface area (Å²) in [4.78, 5) is 44.8. The molecule has 0 N–H and O–H groups in total. The molecule has 5 heterocycles. The predicted molar refractivity (Wildman–Crippen MR) is 236 cm³/mol. The zero-order valence-corrected chi connectivity index (χ0v) is 32.1. The maximum absolute atomic E-state index is 5.26. The van der Waals surface area contributed by atoms with E-state index >= 15 is 0 Å². The molecular weight excluding hydrogens is 739 g/mol. The van der Waals surface area contributed by atoms with E-state index in [1.165, 1.54) is 0 Å². The molecule has 5 aromatic carbocycles. The van der Waals surface area contributed by atoms with Crippen LogP contribution in [0.2, 0.25) is 0 Å². The highest BCUT2D eigenvalue weighted by Crippen LogP contribution is 2.35. The zero-order valence-electron chi connectivity index (χ0n) is 32.1. The van der Waals surface area contributed by atoms with Crippen molar-refractivity contribution in [1.82, 2.24) is 44.9 Å². The third kappa shape index (κ3) is 7.54. The summed E-state index contributed by atoms with van der Waals surface area (Å²) in [7, 11) is 0. The van der Waals surface area contributed by atoms with Gasteiger partial charge in [-0.2, -0.15) is 0 Å². The minimum Gasteiger partial charge on any atom is -0.255 e. The first-order chi connectivity index (χ1) is 29.7. The summed E-state index contributed by atoms with van der Waals surface area (Å²) in [5.41, 5.74) is 9.55. The minimum atomic E-state index is 0.484. The fourth-order valence-corrected chi connectivity index (χ4v) is 6.95. The summed E-state index contributed by atoms with van der Waals surface area (Å²) >= 11 is 0. The Labute approximate surface area is 346 Å². The molecule has 0 amide bonds. The molecule has 0 atom stereocenters. The van der Waals surface area contributed by atoms with Crippen LogP contribution in [-0.2, 0) is 0 Å². The zero-order chi connectivity index (χ0) is 40.1. The maximum atomic E-state index is 5.26. The Morgan fingerprint density at radius 2 is 0.633 bits per heavy atom. The van der Waals surface area contributed by atoms with E-state index in [0.29, 0.717) is 63.3 Å². The molecule has 282 valence electrons. The molecular formula is C51H33N9. The standard InChI is InChI=1S/C51H33N9/c1-6-17-34(18-7-1)40-32-43(42-31-39(28-30-52-42)50-57-46(35-19-8-2-9-20-35)55-47(58-50)36-21-10-3-11-22-36)54-44(33-40)45-41(27-16-29-53-45)51-59-48(37-23-12-4-13-24-37)56-49(60-51)38-25-14-5-15-26-38/h1-33H. The molecule has 0 saturated heterocycles. The van der Waals surface area contributed by atoms with Gasteiger partial charge in [0.15, 0.2) is 34.9 Å². The molecule has 10 aromatic rings. The van der Waals surface area contributed by atoms with Crippen LogP contribution >= 0.6 is 0 Å². The lowest BCUT2D eigenvalue weighted by Crippen LogP contribution is -2.02. The maximum Gasteiger partial charge on any atom is 0.166 e. The van der Waals surface area contributed by atoms with Crippen LogP contribution in [0.4, 0.5) is 0 Å². The molecule has 10 rings (SSSR count). The van der Waals surface area contributed by atoms with Crippen molar-refractivity contribution in [2.45, 2.75) is 0 Å². The number of pyridine rings is 3. The number of aromatic nitrogens is 9. The Morgan fingerprint density at radius 1 is 0.233 bits per heavy atom. The summed E-state index contributed by atoms with van der Waals surface area (Å²) in [6, 6.07) is 61.8. The van der Waals surface area contributed by atoms with Crippen LogP contribution in [0.3, 0.4) is 0 Å². The summed E-state index contributed by atoms with van der Waals surface area (Å²) in [6.07, 6.45) is 3.53. The second kappa shape index (κ2) is 16.2. The number of hydrogen-bond donors (Lipinski definition) is 0. The average Bonchev–Trinajstić information content (AvgIpc) is 3.35. The van der Waals surface area contributed by atoms with Gasteiger partial charge in [-0.05, 0) is 47.5 Å². The molecule has 60 heavy (non-hydrogen) atoms. The summed E-state index contributed by atoms with van der Waals surface area (Å²) in [5, 5.41) is 0. The molecule has 0 aliphatic heterocycles. The molecule has 0 unspecified atom stereocenters. The largest absolute Gasteiger partial charge is 0.255 e. The van der Waals surface area contributed by atoms with Crippen LogP contribution in [0.25, 0.3) is 102 Å². The third-order valence-corrected chi connectivity index (χ3v) is 9.90. The van der Waals surface area contributed by atoms with Crippen molar-refractivity contribution in [1.29, 1.82) is 0 Å². The van der Waals surface area contributed by atoms with Gasteiger partial charge in [0.1, 0.15) is 0 Å². The van der Waals surface area contributed by atoms with Gasteiger partial charge in [0.2, 0.25) is 0 Å². The molecule has 0 aliphatic rings. The lowest BCUT2D eigenvalue weighted by Gasteiger charge is -2.13. The van der Waals surface area contributed by atoms with Crippen molar-refractivity contribution in [2.24, 2.45) is 0 Å². The van der Waals surface area contributed by atoms with Crippen molar-refractivity contribution in [3.63, 3.8) is 0 Å². The van der Waals surface area contributed by atoms with Gasteiger partial charge in [0.25, 0.3) is 0 Å². The fourth-order valence-electron chi connectivity index (χ4n) is 6.95. The first-order valence-electron chi connectivity index (χ1n) is 19.5. The van der Waals surface area contributed by atoms with Gasteiger partial charge in [0, 0.05) is 45.8 Å². The Morgan fingerprint density at radius 3 is 1.12 bits per heavy atom. The molecule has 0 aliphatic carbocycles. The first kappa shape index (κ1) is 35.9. The van der Waals surface area contributed by atoms with E-state index in [1.807, 2.05) is 164 Å². The van der Waals surface area contributed by atoms with Crippen molar-refractivity contribution in [3.8, 4) is 102 Å². The molecule has 9 heteroatoms. The van der Waals surface area contributed by atoms with Crippen molar-refractivity contribution >= 4 is 0 Å². The van der Waals surface area contributed by atoms with Gasteiger partial charge in [-0.25, -0.2) is 34.9 Å². The van der Waals surface area contributed by atoms with E-state index in [4.69, 9.17) is 44.9 Å². The second-order valence-electron chi connectivity index (χ2n) is 13.9. The normalized spacial score (nSPS) is 11.0. The smallest absolute Gasteiger partial charge is 0.166 e. The minimum absolute atomic E-state index is 0.484.